The van der Waals surface area contributed by atoms with Gasteiger partial charge in [-0.05, 0) is 57.9 Å². The van der Waals surface area contributed by atoms with Crippen molar-refractivity contribution in [2.24, 2.45) is 0 Å². The molecular formula is C16H26N2O. The predicted molar refractivity (Wildman–Crippen MR) is 81.8 cm³/mol. The molecule has 1 N–H and O–H groups in total. The minimum absolute atomic E-state index is 0.122. The van der Waals surface area contributed by atoms with Crippen LogP contribution in [-0.2, 0) is 0 Å². The number of nitrogens with one attached hydrogen (secondary N) is 1. The molecule has 1 rings (SSSR count). The normalized spacial score (nSPS) is 10.6. The van der Waals surface area contributed by atoms with Gasteiger partial charge >= 0.3 is 0 Å². The number of amides is 1. The summed E-state index contributed by atoms with van der Waals surface area (Å²) < 4.78 is 0. The molecular weight excluding hydrogens is 236 g/mol. The van der Waals surface area contributed by atoms with Crippen molar-refractivity contribution in [1.82, 2.24) is 4.90 Å². The second-order valence-corrected chi connectivity index (χ2v) is 5.14. The van der Waals surface area contributed by atoms with Crippen molar-refractivity contribution in [1.29, 1.82) is 0 Å². The molecule has 3 nitrogen and oxygen atoms in total. The van der Waals surface area contributed by atoms with Gasteiger partial charge in [0, 0.05) is 30.4 Å². The van der Waals surface area contributed by atoms with Crippen LogP contribution >= 0.6 is 0 Å². The molecule has 0 aliphatic carbocycles. The maximum Gasteiger partial charge on any atom is 0.254 e. The molecule has 106 valence electrons. The SMILES string of the molecule is CCCNc1ccc(C(=O)N(CC)C(C)C)c(C)c1. The Labute approximate surface area is 117 Å². The fourth-order valence-electron chi connectivity index (χ4n) is 2.18. The van der Waals surface area contributed by atoms with Crippen molar-refractivity contribution in [2.75, 3.05) is 18.4 Å². The lowest BCUT2D eigenvalue weighted by Gasteiger charge is -2.26. The highest BCUT2D eigenvalue weighted by Crippen LogP contribution is 2.18. The molecule has 1 amide bonds. The van der Waals surface area contributed by atoms with E-state index >= 15 is 0 Å². The molecule has 0 aromatic heterocycles. The molecule has 19 heavy (non-hydrogen) atoms. The van der Waals surface area contributed by atoms with Gasteiger partial charge in [-0.3, -0.25) is 4.79 Å². The standard InChI is InChI=1S/C16H26N2O/c1-6-10-17-14-8-9-15(13(5)11-14)16(19)18(7-2)12(3)4/h8-9,11-12,17H,6-7,10H2,1-5H3. The number of hydrogen-bond acceptors (Lipinski definition) is 2. The highest BCUT2D eigenvalue weighted by atomic mass is 16.2. The van der Waals surface area contributed by atoms with Crippen molar-refractivity contribution in [3.05, 3.63) is 29.3 Å². The zero-order chi connectivity index (χ0) is 14.4. The second-order valence-electron chi connectivity index (χ2n) is 5.14. The molecule has 0 bridgehead atoms. The third-order valence-corrected chi connectivity index (χ3v) is 3.26. The van der Waals surface area contributed by atoms with Gasteiger partial charge in [0.15, 0.2) is 0 Å². The van der Waals surface area contributed by atoms with E-state index in [1.165, 1.54) is 0 Å². The number of benzene rings is 1. The number of carbonyl (C=O) groups is 1. The van der Waals surface area contributed by atoms with Crippen LogP contribution in [0.2, 0.25) is 0 Å². The van der Waals surface area contributed by atoms with Gasteiger partial charge in [-0.1, -0.05) is 6.92 Å². The predicted octanol–water partition coefficient (Wildman–Crippen LogP) is 3.69. The Morgan fingerprint density at radius 1 is 1.32 bits per heavy atom. The maximum atomic E-state index is 12.5. The quantitative estimate of drug-likeness (QED) is 0.848. The number of aryl methyl sites for hydroxylation is 1. The number of hydrogen-bond donors (Lipinski definition) is 1. The topological polar surface area (TPSA) is 32.3 Å². The van der Waals surface area contributed by atoms with Crippen LogP contribution in [-0.4, -0.2) is 29.9 Å². The van der Waals surface area contributed by atoms with Gasteiger partial charge in [0.2, 0.25) is 0 Å². The monoisotopic (exact) mass is 262 g/mol. The lowest BCUT2D eigenvalue weighted by atomic mass is 10.1. The summed E-state index contributed by atoms with van der Waals surface area (Å²) in [6.07, 6.45) is 1.09. The van der Waals surface area contributed by atoms with Crippen LogP contribution in [0.4, 0.5) is 5.69 Å². The Morgan fingerprint density at radius 2 is 2.00 bits per heavy atom. The lowest BCUT2D eigenvalue weighted by Crippen LogP contribution is -2.37. The first-order valence-corrected chi connectivity index (χ1v) is 7.16. The van der Waals surface area contributed by atoms with Crippen LogP contribution in [0.3, 0.4) is 0 Å². The molecule has 0 fully saturated rings. The van der Waals surface area contributed by atoms with E-state index in [-0.39, 0.29) is 11.9 Å². The molecule has 0 radical (unpaired) electrons. The maximum absolute atomic E-state index is 12.5. The number of nitrogens with zero attached hydrogens (tertiary/aromatic N) is 1. The second kappa shape index (κ2) is 7.17. The van der Waals surface area contributed by atoms with Crippen molar-refractivity contribution in [2.45, 2.75) is 47.1 Å². The average molecular weight is 262 g/mol. The first-order valence-electron chi connectivity index (χ1n) is 7.16. The van der Waals surface area contributed by atoms with Gasteiger partial charge in [0.1, 0.15) is 0 Å². The number of anilines is 1. The summed E-state index contributed by atoms with van der Waals surface area (Å²) in [5, 5.41) is 3.34. The lowest BCUT2D eigenvalue weighted by molar-refractivity contribution is 0.0716. The van der Waals surface area contributed by atoms with Crippen LogP contribution in [0, 0.1) is 6.92 Å². The van der Waals surface area contributed by atoms with Crippen LogP contribution in [0.25, 0.3) is 0 Å². The van der Waals surface area contributed by atoms with Gasteiger partial charge in [-0.15, -0.1) is 0 Å². The first kappa shape index (κ1) is 15.5. The Kier molecular flexibility index (Phi) is 5.87. The Morgan fingerprint density at radius 3 is 2.47 bits per heavy atom. The van der Waals surface area contributed by atoms with Crippen molar-refractivity contribution in [3.8, 4) is 0 Å². The van der Waals surface area contributed by atoms with E-state index in [1.807, 2.05) is 44.7 Å². The molecule has 1 aromatic rings. The van der Waals surface area contributed by atoms with E-state index in [0.29, 0.717) is 0 Å². The number of carbonyl (C=O) groups excluding carboxylic acids is 1. The van der Waals surface area contributed by atoms with Crippen molar-refractivity contribution >= 4 is 11.6 Å². The molecule has 0 heterocycles. The molecule has 0 saturated carbocycles. The molecule has 0 spiro atoms. The minimum Gasteiger partial charge on any atom is -0.385 e. The van der Waals surface area contributed by atoms with Gasteiger partial charge in [0.05, 0.1) is 0 Å². The number of rotatable bonds is 6. The molecule has 1 aromatic carbocycles. The highest BCUT2D eigenvalue weighted by Gasteiger charge is 2.18. The van der Waals surface area contributed by atoms with Crippen molar-refractivity contribution < 1.29 is 4.79 Å². The molecule has 0 unspecified atom stereocenters. The van der Waals surface area contributed by atoms with E-state index < -0.39 is 0 Å². The Hall–Kier alpha value is -1.51. The Balaban J connectivity index is 2.92. The smallest absolute Gasteiger partial charge is 0.254 e. The fourth-order valence-corrected chi connectivity index (χ4v) is 2.18. The van der Waals surface area contributed by atoms with E-state index in [1.54, 1.807) is 0 Å². The van der Waals surface area contributed by atoms with Crippen LogP contribution in [0.1, 0.15) is 50.0 Å². The third-order valence-electron chi connectivity index (χ3n) is 3.26. The average Bonchev–Trinajstić information content (AvgIpc) is 2.36. The molecule has 0 aliphatic rings. The summed E-state index contributed by atoms with van der Waals surface area (Å²) in [5.41, 5.74) is 2.92. The van der Waals surface area contributed by atoms with Crippen LogP contribution in [0.5, 0.6) is 0 Å². The van der Waals surface area contributed by atoms with Crippen molar-refractivity contribution in [3.63, 3.8) is 0 Å². The van der Waals surface area contributed by atoms with Crippen LogP contribution in [0.15, 0.2) is 18.2 Å². The third kappa shape index (κ3) is 3.98. The largest absolute Gasteiger partial charge is 0.385 e. The zero-order valence-electron chi connectivity index (χ0n) is 12.8. The van der Waals surface area contributed by atoms with E-state index in [0.717, 1.165) is 36.3 Å². The highest BCUT2D eigenvalue weighted by molar-refractivity contribution is 5.96. The summed E-state index contributed by atoms with van der Waals surface area (Å²) in [4.78, 5) is 14.4. The van der Waals surface area contributed by atoms with E-state index in [4.69, 9.17) is 0 Å². The summed E-state index contributed by atoms with van der Waals surface area (Å²) in [6.45, 7) is 12.0. The summed E-state index contributed by atoms with van der Waals surface area (Å²) >= 11 is 0. The van der Waals surface area contributed by atoms with Gasteiger partial charge in [-0.25, -0.2) is 0 Å². The summed E-state index contributed by atoms with van der Waals surface area (Å²) in [6, 6.07) is 6.21. The first-order chi connectivity index (χ1) is 9.01. The fraction of sp³-hybridized carbons (Fsp3) is 0.562. The van der Waals surface area contributed by atoms with E-state index in [9.17, 15) is 4.79 Å². The zero-order valence-corrected chi connectivity index (χ0v) is 12.8. The van der Waals surface area contributed by atoms with Gasteiger partial charge in [-0.2, -0.15) is 0 Å². The minimum atomic E-state index is 0.122. The van der Waals surface area contributed by atoms with Crippen LogP contribution < -0.4 is 5.32 Å². The Bertz CT molecular complexity index is 427. The molecule has 0 saturated heterocycles. The molecule has 3 heteroatoms. The van der Waals surface area contributed by atoms with E-state index in [2.05, 4.69) is 18.3 Å². The molecule has 0 atom stereocenters. The molecule has 0 aliphatic heterocycles. The summed E-state index contributed by atoms with van der Waals surface area (Å²) in [7, 11) is 0. The van der Waals surface area contributed by atoms with Gasteiger partial charge < -0.3 is 10.2 Å². The summed E-state index contributed by atoms with van der Waals surface area (Å²) in [5.74, 6) is 0.122. The van der Waals surface area contributed by atoms with Gasteiger partial charge in [0.25, 0.3) is 5.91 Å².